The smallest absolute Gasteiger partial charge is 0.186 e. The lowest BCUT2D eigenvalue weighted by Gasteiger charge is -2.36. The van der Waals surface area contributed by atoms with Crippen molar-refractivity contribution >= 4 is 41.2 Å². The lowest BCUT2D eigenvalue weighted by Crippen LogP contribution is -2.58. The molecule has 27 heavy (non-hydrogen) atoms. The molecule has 0 bridgehead atoms. The van der Waals surface area contributed by atoms with Crippen molar-refractivity contribution in [2.45, 2.75) is 13.1 Å². The fourth-order valence-electron chi connectivity index (χ4n) is 4.12. The number of carbonyl (C=O) groups excluding carboxylic acids is 1. The van der Waals surface area contributed by atoms with Crippen LogP contribution in [0.3, 0.4) is 0 Å². The van der Waals surface area contributed by atoms with Gasteiger partial charge in [0.1, 0.15) is 8.07 Å². The summed E-state index contributed by atoms with van der Waals surface area (Å²) in [5.41, 5.74) is 6.44. The predicted octanol–water partition coefficient (Wildman–Crippen LogP) is 3.40. The van der Waals surface area contributed by atoms with E-state index >= 15 is 0 Å². The highest BCUT2D eigenvalue weighted by Crippen LogP contribution is 2.35. The molecule has 0 saturated carbocycles. The quantitative estimate of drug-likeness (QED) is 0.627. The average molecular weight is 373 g/mol. The standard InChI is InChI=1S/C23H24N2OSi/c1-24-15-9-11-18-21(13-15)27(3,4)22-14-16(25-2)10-12-19(22)23(18)17-7-5-6-8-20(17)26/h5-14,24-25H,1-4H3. The summed E-state index contributed by atoms with van der Waals surface area (Å²) in [6, 6.07) is 13.1. The third kappa shape index (κ3) is 2.68. The molecule has 0 aromatic heterocycles. The molecule has 1 aliphatic carbocycles. The van der Waals surface area contributed by atoms with Gasteiger partial charge in [-0.1, -0.05) is 43.5 Å². The van der Waals surface area contributed by atoms with Crippen LogP contribution in [0.25, 0.3) is 5.57 Å². The zero-order chi connectivity index (χ0) is 19.2. The molecule has 0 amide bonds. The molecule has 0 fully saturated rings. The number of nitrogens with one attached hydrogen (secondary N) is 2. The molecule has 2 N–H and O–H groups in total. The molecule has 1 aliphatic heterocycles. The van der Waals surface area contributed by atoms with Gasteiger partial charge in [0, 0.05) is 31.0 Å². The van der Waals surface area contributed by atoms with Crippen molar-refractivity contribution in [2.24, 2.45) is 0 Å². The Kier molecular flexibility index (Phi) is 4.16. The first kappa shape index (κ1) is 17.6. The zero-order valence-electron chi connectivity index (χ0n) is 16.2. The van der Waals surface area contributed by atoms with Gasteiger partial charge < -0.3 is 10.6 Å². The molecule has 1 heterocycles. The van der Waals surface area contributed by atoms with Crippen LogP contribution in [0.5, 0.6) is 0 Å². The maximum atomic E-state index is 12.7. The summed E-state index contributed by atoms with van der Waals surface area (Å²) in [4.78, 5) is 12.7. The number of hydrogen-bond donors (Lipinski definition) is 2. The van der Waals surface area contributed by atoms with Crippen LogP contribution >= 0.6 is 0 Å². The monoisotopic (exact) mass is 372 g/mol. The van der Waals surface area contributed by atoms with Gasteiger partial charge in [-0.05, 0) is 57.4 Å². The number of ketones is 1. The molecular formula is C23H24N2OSi. The fourth-order valence-corrected chi connectivity index (χ4v) is 7.21. The van der Waals surface area contributed by atoms with Crippen LogP contribution in [0.1, 0.15) is 11.1 Å². The van der Waals surface area contributed by atoms with E-state index in [2.05, 4.69) is 60.1 Å². The van der Waals surface area contributed by atoms with Crippen molar-refractivity contribution < 1.29 is 4.79 Å². The summed E-state index contributed by atoms with van der Waals surface area (Å²) in [5, 5.41) is 9.27. The summed E-state index contributed by atoms with van der Waals surface area (Å²) in [6.07, 6.45) is 7.36. The maximum absolute atomic E-state index is 12.7. The SMILES string of the molecule is CNc1ccc2c(c1)[Si](C)(C)c1cc(NC)ccc1C2=C1C=CC=CC1=O. The van der Waals surface area contributed by atoms with Crippen LogP contribution in [0, 0.1) is 0 Å². The van der Waals surface area contributed by atoms with Crippen molar-refractivity contribution in [1.82, 2.24) is 0 Å². The molecule has 0 spiro atoms. The Labute approximate surface area is 161 Å². The maximum Gasteiger partial charge on any atom is 0.186 e. The molecule has 2 aliphatic rings. The number of carbonyl (C=O) groups is 1. The summed E-state index contributed by atoms with van der Waals surface area (Å²) >= 11 is 0. The lowest BCUT2D eigenvalue weighted by molar-refractivity contribution is -0.111. The summed E-state index contributed by atoms with van der Waals surface area (Å²) < 4.78 is 0. The molecule has 3 nitrogen and oxygen atoms in total. The second kappa shape index (κ2) is 6.39. The second-order valence-corrected chi connectivity index (χ2v) is 11.8. The van der Waals surface area contributed by atoms with Crippen LogP contribution < -0.4 is 21.0 Å². The zero-order valence-corrected chi connectivity index (χ0v) is 17.2. The van der Waals surface area contributed by atoms with Gasteiger partial charge in [-0.3, -0.25) is 4.79 Å². The minimum absolute atomic E-state index is 0.0705. The van der Waals surface area contributed by atoms with Gasteiger partial charge in [0.15, 0.2) is 5.78 Å². The molecule has 136 valence electrons. The Hall–Kier alpha value is -2.85. The number of anilines is 2. The highest BCUT2D eigenvalue weighted by atomic mass is 28.3. The Morgan fingerprint density at radius 1 is 0.778 bits per heavy atom. The van der Waals surface area contributed by atoms with Gasteiger partial charge >= 0.3 is 0 Å². The second-order valence-electron chi connectivity index (χ2n) is 7.52. The molecule has 4 heteroatoms. The van der Waals surface area contributed by atoms with E-state index < -0.39 is 8.07 Å². The highest BCUT2D eigenvalue weighted by Gasteiger charge is 2.38. The van der Waals surface area contributed by atoms with E-state index in [0.717, 1.165) is 22.5 Å². The van der Waals surface area contributed by atoms with Crippen LogP contribution in [0.4, 0.5) is 11.4 Å². The average Bonchev–Trinajstić information content (AvgIpc) is 2.69. The van der Waals surface area contributed by atoms with E-state index in [1.54, 1.807) is 6.08 Å². The minimum atomic E-state index is -1.92. The first-order valence-corrected chi connectivity index (χ1v) is 12.3. The van der Waals surface area contributed by atoms with E-state index in [1.165, 1.54) is 21.5 Å². The van der Waals surface area contributed by atoms with E-state index in [-0.39, 0.29) is 5.78 Å². The van der Waals surface area contributed by atoms with Crippen molar-refractivity contribution in [1.29, 1.82) is 0 Å². The van der Waals surface area contributed by atoms with Gasteiger partial charge in [-0.2, -0.15) is 0 Å². The van der Waals surface area contributed by atoms with Crippen LogP contribution in [0.15, 0.2) is 66.3 Å². The number of hydrogen-bond acceptors (Lipinski definition) is 3. The molecule has 0 saturated heterocycles. The topological polar surface area (TPSA) is 41.1 Å². The molecular weight excluding hydrogens is 348 g/mol. The molecule has 4 rings (SSSR count). The predicted molar refractivity (Wildman–Crippen MR) is 118 cm³/mol. The molecule has 0 unspecified atom stereocenters. The minimum Gasteiger partial charge on any atom is -0.388 e. The van der Waals surface area contributed by atoms with E-state index in [0.29, 0.717) is 0 Å². The van der Waals surface area contributed by atoms with Gasteiger partial charge in [-0.15, -0.1) is 0 Å². The largest absolute Gasteiger partial charge is 0.388 e. The lowest BCUT2D eigenvalue weighted by atomic mass is 9.88. The number of rotatable bonds is 2. The Bertz CT molecular complexity index is 985. The number of allylic oxidation sites excluding steroid dienone is 5. The third-order valence-electron chi connectivity index (χ3n) is 5.66. The van der Waals surface area contributed by atoms with Gasteiger partial charge in [0.2, 0.25) is 0 Å². The normalized spacial score (nSPS) is 16.8. The van der Waals surface area contributed by atoms with Gasteiger partial charge in [-0.25, -0.2) is 0 Å². The van der Waals surface area contributed by atoms with Gasteiger partial charge in [0.05, 0.1) is 0 Å². The van der Waals surface area contributed by atoms with Crippen molar-refractivity contribution in [2.75, 3.05) is 24.7 Å². The molecule has 2 aromatic carbocycles. The Morgan fingerprint density at radius 2 is 1.30 bits per heavy atom. The van der Waals surface area contributed by atoms with Crippen molar-refractivity contribution in [3.05, 3.63) is 77.4 Å². The van der Waals surface area contributed by atoms with Crippen molar-refractivity contribution in [3.8, 4) is 0 Å². The summed E-state index contributed by atoms with van der Waals surface area (Å²) in [7, 11) is 1.97. The van der Waals surface area contributed by atoms with Gasteiger partial charge in [0.25, 0.3) is 0 Å². The Morgan fingerprint density at radius 3 is 1.78 bits per heavy atom. The molecule has 2 aromatic rings. The summed E-state index contributed by atoms with van der Waals surface area (Å²) in [5.74, 6) is 0.0705. The van der Waals surface area contributed by atoms with E-state index in [9.17, 15) is 4.79 Å². The third-order valence-corrected chi connectivity index (χ3v) is 9.18. The van der Waals surface area contributed by atoms with Crippen LogP contribution in [-0.2, 0) is 4.79 Å². The van der Waals surface area contributed by atoms with Crippen LogP contribution in [0.2, 0.25) is 13.1 Å². The molecule has 0 atom stereocenters. The number of fused-ring (bicyclic) bond motifs is 2. The van der Waals surface area contributed by atoms with E-state index in [1.807, 2.05) is 32.3 Å². The van der Waals surface area contributed by atoms with E-state index in [4.69, 9.17) is 0 Å². The fraction of sp³-hybridized carbons (Fsp3) is 0.174. The van der Waals surface area contributed by atoms with Crippen molar-refractivity contribution in [3.63, 3.8) is 0 Å². The summed E-state index contributed by atoms with van der Waals surface area (Å²) in [6.45, 7) is 4.78. The first-order chi connectivity index (χ1) is 13.0. The highest BCUT2D eigenvalue weighted by molar-refractivity contribution is 7.02. The molecule has 0 radical (unpaired) electrons. The Balaban J connectivity index is 2.11. The first-order valence-electron chi connectivity index (χ1n) is 9.26. The number of benzene rings is 2. The van der Waals surface area contributed by atoms with Crippen LogP contribution in [-0.4, -0.2) is 28.0 Å².